The van der Waals surface area contributed by atoms with Crippen molar-refractivity contribution in [1.82, 2.24) is 4.90 Å². The second-order valence-electron chi connectivity index (χ2n) is 4.97. The van der Waals surface area contributed by atoms with Crippen molar-refractivity contribution in [3.63, 3.8) is 0 Å². The number of carbonyl (C=O) groups is 1. The van der Waals surface area contributed by atoms with Crippen LogP contribution < -0.4 is 10.6 Å². The number of rotatable bonds is 4. The van der Waals surface area contributed by atoms with Crippen LogP contribution in [0.25, 0.3) is 0 Å². The van der Waals surface area contributed by atoms with Crippen LogP contribution in [-0.4, -0.2) is 48.5 Å². The average Bonchev–Trinajstić information content (AvgIpc) is 2.63. The number of nitrogens with two attached hydrogens (primary N) is 1. The molecule has 1 amide bonds. The van der Waals surface area contributed by atoms with E-state index in [-0.39, 0.29) is 12.2 Å². The molecule has 1 heterocycles. The normalized spacial score (nSPS) is 16.5. The highest BCUT2D eigenvalue weighted by atomic mass is 19.1. The van der Waals surface area contributed by atoms with Gasteiger partial charge in [-0.1, -0.05) is 0 Å². The number of anilines is 1. The fourth-order valence-electron chi connectivity index (χ4n) is 2.50. The van der Waals surface area contributed by atoms with Crippen LogP contribution in [0.2, 0.25) is 0 Å². The summed E-state index contributed by atoms with van der Waals surface area (Å²) in [6.45, 7) is 2.60. The Bertz CT molecular complexity index is 552. The summed E-state index contributed by atoms with van der Waals surface area (Å²) >= 11 is 0. The molecule has 0 atom stereocenters. The number of primary amides is 1. The molecule has 0 saturated carbocycles. The van der Waals surface area contributed by atoms with Crippen molar-refractivity contribution in [2.75, 3.05) is 37.6 Å². The highest BCUT2D eigenvalue weighted by Gasteiger charge is 2.23. The fraction of sp³-hybridized carbons (Fsp3) is 0.462. The van der Waals surface area contributed by atoms with Crippen LogP contribution >= 0.6 is 0 Å². The molecule has 1 aromatic carbocycles. The molecule has 114 valence electrons. The van der Waals surface area contributed by atoms with Crippen molar-refractivity contribution in [2.24, 2.45) is 5.73 Å². The average molecular weight is 296 g/mol. The number of halogens is 1. The van der Waals surface area contributed by atoms with Crippen molar-refractivity contribution in [1.29, 1.82) is 0 Å². The van der Waals surface area contributed by atoms with Gasteiger partial charge in [-0.25, -0.2) is 4.39 Å². The maximum atomic E-state index is 13.2. The van der Waals surface area contributed by atoms with Gasteiger partial charge in [-0.05, 0) is 18.6 Å². The van der Waals surface area contributed by atoms with E-state index in [9.17, 15) is 19.3 Å². The van der Waals surface area contributed by atoms with Crippen molar-refractivity contribution >= 4 is 17.3 Å². The largest absolute Gasteiger partial charge is 0.369 e. The van der Waals surface area contributed by atoms with Crippen LogP contribution in [0.4, 0.5) is 15.8 Å². The van der Waals surface area contributed by atoms with Crippen LogP contribution in [0.15, 0.2) is 18.2 Å². The van der Waals surface area contributed by atoms with E-state index in [4.69, 9.17) is 5.73 Å². The zero-order valence-corrected chi connectivity index (χ0v) is 11.5. The molecular weight excluding hydrogens is 279 g/mol. The smallest absolute Gasteiger partial charge is 0.295 e. The number of nitro groups is 1. The van der Waals surface area contributed by atoms with Gasteiger partial charge in [-0.15, -0.1) is 0 Å². The van der Waals surface area contributed by atoms with Crippen LogP contribution in [0.3, 0.4) is 0 Å². The lowest BCUT2D eigenvalue weighted by atomic mass is 10.2. The number of carbonyl (C=O) groups excluding carboxylic acids is 1. The maximum absolute atomic E-state index is 13.2. The van der Waals surface area contributed by atoms with Gasteiger partial charge in [-0.2, -0.15) is 0 Å². The lowest BCUT2D eigenvalue weighted by Crippen LogP contribution is -2.36. The molecule has 1 aromatic rings. The highest BCUT2D eigenvalue weighted by molar-refractivity contribution is 5.75. The number of hydrogen-bond donors (Lipinski definition) is 1. The van der Waals surface area contributed by atoms with Gasteiger partial charge in [0, 0.05) is 26.2 Å². The van der Waals surface area contributed by atoms with Gasteiger partial charge in [0.2, 0.25) is 5.91 Å². The van der Waals surface area contributed by atoms with Gasteiger partial charge in [-0.3, -0.25) is 19.8 Å². The zero-order chi connectivity index (χ0) is 15.4. The molecule has 0 spiro atoms. The summed E-state index contributed by atoms with van der Waals surface area (Å²) in [6.07, 6.45) is 0.752. The van der Waals surface area contributed by atoms with Crippen LogP contribution in [0, 0.1) is 15.9 Å². The predicted octanol–water partition coefficient (Wildman–Crippen LogP) is 0.731. The lowest BCUT2D eigenvalue weighted by molar-refractivity contribution is -0.384. The first-order valence-electron chi connectivity index (χ1n) is 6.67. The molecule has 8 heteroatoms. The number of benzene rings is 1. The molecule has 0 aromatic heterocycles. The number of hydrogen-bond acceptors (Lipinski definition) is 5. The molecule has 1 saturated heterocycles. The van der Waals surface area contributed by atoms with Crippen molar-refractivity contribution in [3.8, 4) is 0 Å². The van der Waals surface area contributed by atoms with Crippen molar-refractivity contribution in [3.05, 3.63) is 34.1 Å². The number of nitrogens with zero attached hydrogens (tertiary/aromatic N) is 3. The Balaban J connectivity index is 2.15. The second kappa shape index (κ2) is 6.49. The van der Waals surface area contributed by atoms with E-state index < -0.39 is 16.6 Å². The molecule has 0 aliphatic carbocycles. The molecule has 0 bridgehead atoms. The van der Waals surface area contributed by atoms with Crippen molar-refractivity contribution in [2.45, 2.75) is 6.42 Å². The summed E-state index contributed by atoms with van der Waals surface area (Å²) in [7, 11) is 0. The molecule has 0 radical (unpaired) electrons. The predicted molar refractivity (Wildman–Crippen MR) is 75.5 cm³/mol. The Kier molecular flexibility index (Phi) is 4.69. The van der Waals surface area contributed by atoms with Gasteiger partial charge in [0.05, 0.1) is 17.5 Å². The minimum Gasteiger partial charge on any atom is -0.369 e. The Labute approximate surface area is 121 Å². The third-order valence-corrected chi connectivity index (χ3v) is 3.44. The van der Waals surface area contributed by atoms with Crippen LogP contribution in [0.1, 0.15) is 6.42 Å². The first-order chi connectivity index (χ1) is 9.97. The summed E-state index contributed by atoms with van der Waals surface area (Å²) in [5.74, 6) is -1.02. The molecular formula is C13H17FN4O3. The standard InChI is InChI=1S/C13H17FN4O3/c14-10-2-3-11(12(8-10)18(20)21)17-5-1-4-16(6-7-17)9-13(15)19/h2-3,8H,1,4-7,9H2,(H2,15,19). The number of nitro benzene ring substituents is 1. The molecule has 7 nitrogen and oxygen atoms in total. The molecule has 1 aliphatic rings. The van der Waals surface area contributed by atoms with E-state index >= 15 is 0 Å². The Morgan fingerprint density at radius 2 is 2.10 bits per heavy atom. The van der Waals surface area contributed by atoms with E-state index in [1.807, 2.05) is 9.80 Å². The van der Waals surface area contributed by atoms with Gasteiger partial charge >= 0.3 is 0 Å². The van der Waals surface area contributed by atoms with E-state index in [2.05, 4.69) is 0 Å². The Morgan fingerprint density at radius 3 is 2.76 bits per heavy atom. The van der Waals surface area contributed by atoms with Gasteiger partial charge in [0.1, 0.15) is 11.5 Å². The van der Waals surface area contributed by atoms with Gasteiger partial charge in [0.25, 0.3) is 5.69 Å². The van der Waals surface area contributed by atoms with Gasteiger partial charge < -0.3 is 10.6 Å². The maximum Gasteiger partial charge on any atom is 0.295 e. The van der Waals surface area contributed by atoms with E-state index in [0.717, 1.165) is 12.5 Å². The highest BCUT2D eigenvalue weighted by Crippen LogP contribution is 2.29. The third kappa shape index (κ3) is 3.88. The molecule has 21 heavy (non-hydrogen) atoms. The molecule has 2 N–H and O–H groups in total. The summed E-state index contributed by atoms with van der Waals surface area (Å²) in [6, 6.07) is 3.58. The Hall–Kier alpha value is -2.22. The first-order valence-corrected chi connectivity index (χ1v) is 6.67. The zero-order valence-electron chi connectivity index (χ0n) is 11.5. The monoisotopic (exact) mass is 296 g/mol. The third-order valence-electron chi connectivity index (χ3n) is 3.44. The summed E-state index contributed by atoms with van der Waals surface area (Å²) in [4.78, 5) is 25.2. The summed E-state index contributed by atoms with van der Waals surface area (Å²) in [5.41, 5.74) is 5.34. The lowest BCUT2D eigenvalue weighted by Gasteiger charge is -2.23. The van der Waals surface area contributed by atoms with Gasteiger partial charge in [0.15, 0.2) is 0 Å². The van der Waals surface area contributed by atoms with Crippen LogP contribution in [0.5, 0.6) is 0 Å². The number of amides is 1. The molecule has 0 unspecified atom stereocenters. The quantitative estimate of drug-likeness (QED) is 0.653. The van der Waals surface area contributed by atoms with Crippen molar-refractivity contribution < 1.29 is 14.1 Å². The van der Waals surface area contributed by atoms with E-state index in [1.54, 1.807) is 0 Å². The molecule has 1 fully saturated rings. The van der Waals surface area contributed by atoms with E-state index in [1.165, 1.54) is 12.1 Å². The second-order valence-corrected chi connectivity index (χ2v) is 4.97. The fourth-order valence-corrected chi connectivity index (χ4v) is 2.50. The van der Waals surface area contributed by atoms with Crippen LogP contribution in [-0.2, 0) is 4.79 Å². The summed E-state index contributed by atoms with van der Waals surface area (Å²) in [5, 5.41) is 11.1. The summed E-state index contributed by atoms with van der Waals surface area (Å²) < 4.78 is 13.2. The first kappa shape index (κ1) is 15.2. The minimum atomic E-state index is -0.629. The SMILES string of the molecule is NC(=O)CN1CCCN(c2ccc(F)cc2[N+](=O)[O-])CC1. The Morgan fingerprint density at radius 1 is 1.33 bits per heavy atom. The van der Waals surface area contributed by atoms with E-state index in [0.29, 0.717) is 31.9 Å². The molecule has 1 aliphatic heterocycles. The molecule has 2 rings (SSSR count). The topological polar surface area (TPSA) is 92.7 Å². The minimum absolute atomic E-state index is 0.180.